The summed E-state index contributed by atoms with van der Waals surface area (Å²) in [4.78, 5) is 13.6. The Morgan fingerprint density at radius 1 is 1.11 bits per heavy atom. The smallest absolute Gasteiger partial charge is 0.153 e. The molecule has 0 radical (unpaired) electrons. The molecule has 1 atom stereocenters. The lowest BCUT2D eigenvalue weighted by Gasteiger charge is -2.28. The molecule has 5 rings (SSSR count). The molecule has 4 aromatic rings. The second kappa shape index (κ2) is 13.9. The van der Waals surface area contributed by atoms with Gasteiger partial charge < -0.3 is 20.1 Å². The molecule has 0 saturated heterocycles. The van der Waals surface area contributed by atoms with Crippen molar-refractivity contribution in [1.29, 1.82) is 0 Å². The molecule has 2 N–H and O–H groups in total. The largest absolute Gasteiger partial charge is 0.489 e. The number of rotatable bonds is 14. The molecule has 0 fully saturated rings. The summed E-state index contributed by atoms with van der Waals surface area (Å²) in [7, 11) is -3.07. The number of hydrogen-bond donors (Lipinski definition) is 2. The molecule has 1 unspecified atom stereocenters. The van der Waals surface area contributed by atoms with E-state index in [1.54, 1.807) is 50.6 Å². The van der Waals surface area contributed by atoms with Crippen LogP contribution >= 0.6 is 11.6 Å². The van der Waals surface area contributed by atoms with E-state index in [-0.39, 0.29) is 23.4 Å². The van der Waals surface area contributed by atoms with Crippen molar-refractivity contribution in [3.8, 4) is 5.75 Å². The first-order valence-electron chi connectivity index (χ1n) is 14.5. The molecule has 3 heterocycles. The lowest BCUT2D eigenvalue weighted by molar-refractivity contribution is 0.0265. The number of nitrogens with one attached hydrogen (secondary N) is 2. The Morgan fingerprint density at radius 2 is 1.98 bits per heavy atom. The van der Waals surface area contributed by atoms with Gasteiger partial charge in [-0.05, 0) is 81.3 Å². The van der Waals surface area contributed by atoms with Crippen LogP contribution in [0.3, 0.4) is 0 Å². The summed E-state index contributed by atoms with van der Waals surface area (Å²) >= 11 is 6.52. The molecule has 1 aliphatic heterocycles. The Labute approximate surface area is 261 Å². The molecule has 12 heteroatoms. The van der Waals surface area contributed by atoms with Gasteiger partial charge in [0.25, 0.3) is 0 Å². The average Bonchev–Trinajstić information content (AvgIpc) is 3.48. The molecule has 1 aliphatic rings. The van der Waals surface area contributed by atoms with Gasteiger partial charge in [0.1, 0.15) is 30.3 Å². The van der Waals surface area contributed by atoms with E-state index >= 15 is 0 Å². The summed E-state index contributed by atoms with van der Waals surface area (Å²) < 4.78 is 49.6. The summed E-state index contributed by atoms with van der Waals surface area (Å²) in [5.74, 6) is 0.853. The van der Waals surface area contributed by atoms with Crippen molar-refractivity contribution in [3.05, 3.63) is 95.5 Å². The zero-order valence-corrected chi connectivity index (χ0v) is 26.2. The zero-order chi connectivity index (χ0) is 31.2. The number of hydrogen-bond acceptors (Lipinski definition) is 9. The van der Waals surface area contributed by atoms with Gasteiger partial charge in [-0.25, -0.2) is 22.8 Å². The van der Waals surface area contributed by atoms with Gasteiger partial charge in [0.15, 0.2) is 15.4 Å². The minimum atomic E-state index is -3.07. The van der Waals surface area contributed by atoms with Gasteiger partial charge in [0, 0.05) is 24.0 Å². The highest BCUT2D eigenvalue weighted by molar-refractivity contribution is 7.92. The monoisotopic (exact) mass is 639 g/mol. The number of benzene rings is 2. The molecule has 0 aliphatic carbocycles. The van der Waals surface area contributed by atoms with Crippen molar-refractivity contribution in [2.45, 2.75) is 50.6 Å². The predicted molar refractivity (Wildman–Crippen MR) is 170 cm³/mol. The fourth-order valence-electron chi connectivity index (χ4n) is 4.92. The van der Waals surface area contributed by atoms with Crippen LogP contribution < -0.4 is 15.4 Å². The number of fused-ring (bicyclic) bond motifs is 1. The van der Waals surface area contributed by atoms with Crippen molar-refractivity contribution in [3.63, 3.8) is 0 Å². The average molecular weight is 640 g/mol. The molecule has 0 bridgehead atoms. The van der Waals surface area contributed by atoms with E-state index in [0.29, 0.717) is 59.3 Å². The van der Waals surface area contributed by atoms with Crippen LogP contribution in [0, 0.1) is 5.82 Å². The third kappa shape index (κ3) is 7.64. The van der Waals surface area contributed by atoms with Gasteiger partial charge in [-0.3, -0.25) is 4.98 Å². The first-order chi connectivity index (χ1) is 21.1. The fraction of sp³-hybridized carbons (Fsp3) is 0.344. The zero-order valence-electron chi connectivity index (χ0n) is 24.6. The fourth-order valence-corrected chi connectivity index (χ4v) is 6.06. The SMILES string of the molecule is CC(C)S(=O)(=O)CCNCCCC1(c2cc3c(Nc4ccc(OCc5cccc(F)c5)c(Cl)c4)ncnc3cn2)CC=CO1. The molecular weight excluding hydrogens is 605 g/mol. The maximum atomic E-state index is 13.5. The third-order valence-electron chi connectivity index (χ3n) is 7.52. The van der Waals surface area contributed by atoms with Crippen molar-refractivity contribution in [1.82, 2.24) is 20.3 Å². The van der Waals surface area contributed by atoms with Gasteiger partial charge in [-0.1, -0.05) is 23.7 Å². The second-order valence-corrected chi connectivity index (χ2v) is 14.0. The van der Waals surface area contributed by atoms with Gasteiger partial charge in [-0.15, -0.1) is 0 Å². The molecule has 0 spiro atoms. The van der Waals surface area contributed by atoms with Crippen LogP contribution in [0.2, 0.25) is 5.02 Å². The molecule has 9 nitrogen and oxygen atoms in total. The number of anilines is 2. The van der Waals surface area contributed by atoms with E-state index in [2.05, 4.69) is 20.6 Å². The van der Waals surface area contributed by atoms with Crippen LogP contribution in [0.15, 0.2) is 73.4 Å². The van der Waals surface area contributed by atoms with Crippen molar-refractivity contribution >= 4 is 43.8 Å². The van der Waals surface area contributed by atoms with Crippen molar-refractivity contribution in [2.75, 3.05) is 24.2 Å². The van der Waals surface area contributed by atoms with Crippen LogP contribution in [-0.4, -0.2) is 47.5 Å². The van der Waals surface area contributed by atoms with Gasteiger partial charge in [-0.2, -0.15) is 0 Å². The maximum Gasteiger partial charge on any atom is 0.153 e. The predicted octanol–water partition coefficient (Wildman–Crippen LogP) is 6.46. The summed E-state index contributed by atoms with van der Waals surface area (Å²) in [6, 6.07) is 13.5. The highest BCUT2D eigenvalue weighted by atomic mass is 35.5. The Morgan fingerprint density at radius 3 is 2.73 bits per heavy atom. The van der Waals surface area contributed by atoms with Crippen LogP contribution in [-0.2, 0) is 26.8 Å². The number of nitrogens with zero attached hydrogens (tertiary/aromatic N) is 3. The topological polar surface area (TPSA) is 115 Å². The standard InChI is InChI=1S/C32H35ClFN5O4S/c1-22(2)44(40,41)15-13-35-12-4-10-32(11-5-14-43-32)30-18-26-28(19-36-30)37-21-38-31(26)39-25-8-9-29(27(33)17-25)42-20-23-6-3-7-24(34)16-23/h3,5-9,14,16-19,21-22,35H,4,10-13,15,20H2,1-2H3,(H,37,38,39). The van der Waals surface area contributed by atoms with Gasteiger partial charge >= 0.3 is 0 Å². The Bertz CT molecular complexity index is 1740. The van der Waals surface area contributed by atoms with E-state index < -0.39 is 15.4 Å². The van der Waals surface area contributed by atoms with E-state index in [0.717, 1.165) is 17.5 Å². The van der Waals surface area contributed by atoms with Crippen LogP contribution in [0.4, 0.5) is 15.9 Å². The Hall–Kier alpha value is -3.80. The van der Waals surface area contributed by atoms with Crippen molar-refractivity contribution in [2.24, 2.45) is 0 Å². The number of sulfone groups is 1. The first-order valence-corrected chi connectivity index (χ1v) is 16.5. The van der Waals surface area contributed by atoms with Crippen LogP contribution in [0.5, 0.6) is 5.75 Å². The quantitative estimate of drug-likeness (QED) is 0.150. The number of ether oxygens (including phenoxy) is 2. The van der Waals surface area contributed by atoms with E-state index in [4.69, 9.17) is 26.1 Å². The molecular formula is C32H35ClFN5O4S. The van der Waals surface area contributed by atoms with E-state index in [1.165, 1.54) is 18.5 Å². The maximum absolute atomic E-state index is 13.5. The summed E-state index contributed by atoms with van der Waals surface area (Å²) in [6.45, 7) is 4.66. The molecule has 44 heavy (non-hydrogen) atoms. The third-order valence-corrected chi connectivity index (χ3v) is 10.0. The lowest BCUT2D eigenvalue weighted by Crippen LogP contribution is -2.30. The summed E-state index contributed by atoms with van der Waals surface area (Å²) in [6.07, 6.45) is 8.99. The highest BCUT2D eigenvalue weighted by Crippen LogP contribution is 2.39. The van der Waals surface area contributed by atoms with Crippen LogP contribution in [0.1, 0.15) is 44.4 Å². The summed E-state index contributed by atoms with van der Waals surface area (Å²) in [5.41, 5.74) is 2.19. The Kier molecular flexibility index (Phi) is 9.97. The van der Waals surface area contributed by atoms with Gasteiger partial charge in [0.2, 0.25) is 0 Å². The normalized spacial score (nSPS) is 16.4. The second-order valence-electron chi connectivity index (χ2n) is 11.0. The minimum Gasteiger partial charge on any atom is -0.489 e. The molecule has 232 valence electrons. The number of pyridine rings is 1. The number of aromatic nitrogens is 3. The van der Waals surface area contributed by atoms with Crippen molar-refractivity contribution < 1.29 is 22.3 Å². The molecule has 0 amide bonds. The highest BCUT2D eigenvalue weighted by Gasteiger charge is 2.36. The van der Waals surface area contributed by atoms with E-state index in [9.17, 15) is 12.8 Å². The number of halogens is 2. The lowest BCUT2D eigenvalue weighted by atomic mass is 9.90. The van der Waals surface area contributed by atoms with Crippen LogP contribution in [0.25, 0.3) is 10.9 Å². The molecule has 0 saturated carbocycles. The van der Waals surface area contributed by atoms with E-state index in [1.807, 2.05) is 18.2 Å². The molecule has 2 aromatic carbocycles. The molecule has 2 aromatic heterocycles. The Balaban J connectivity index is 1.27. The summed E-state index contributed by atoms with van der Waals surface area (Å²) in [5, 5.41) is 7.36. The van der Waals surface area contributed by atoms with Gasteiger partial charge in [0.05, 0.1) is 39.7 Å². The first kappa shape index (κ1) is 31.6. The minimum absolute atomic E-state index is 0.117.